The van der Waals surface area contributed by atoms with Gasteiger partial charge in [-0.2, -0.15) is 0 Å². The van der Waals surface area contributed by atoms with Gasteiger partial charge >= 0.3 is 5.97 Å². The number of fused-ring (bicyclic) bond motifs is 1. The molecule has 1 N–H and O–H groups in total. The lowest BCUT2D eigenvalue weighted by atomic mass is 9.98. The standard InChI is InChI=1S/C15H19NO3/c1-2-3-4-9-16-13-10-12(15(18)19)6-5-11(13)7-8-14(16)17/h5-6,10H,2-4,7-9H2,1H3,(H,18,19). The molecule has 102 valence electrons. The van der Waals surface area contributed by atoms with Crippen LogP contribution in [0.15, 0.2) is 18.2 Å². The molecule has 0 spiro atoms. The van der Waals surface area contributed by atoms with Crippen molar-refractivity contribution in [2.45, 2.75) is 39.0 Å². The minimum atomic E-state index is -0.950. The Bertz CT molecular complexity index is 496. The first-order valence-electron chi connectivity index (χ1n) is 6.80. The Morgan fingerprint density at radius 3 is 2.79 bits per heavy atom. The number of benzene rings is 1. The van der Waals surface area contributed by atoms with Crippen LogP contribution in [0.4, 0.5) is 5.69 Å². The van der Waals surface area contributed by atoms with Crippen LogP contribution in [0.2, 0.25) is 0 Å². The van der Waals surface area contributed by atoms with Crippen LogP contribution in [0.25, 0.3) is 0 Å². The third kappa shape index (κ3) is 2.95. The summed E-state index contributed by atoms with van der Waals surface area (Å²) in [5, 5.41) is 9.05. The van der Waals surface area contributed by atoms with Crippen molar-refractivity contribution in [2.24, 2.45) is 0 Å². The number of amides is 1. The molecule has 0 aromatic heterocycles. The van der Waals surface area contributed by atoms with Gasteiger partial charge in [-0.3, -0.25) is 4.79 Å². The summed E-state index contributed by atoms with van der Waals surface area (Å²) < 4.78 is 0. The third-order valence-electron chi connectivity index (χ3n) is 3.52. The van der Waals surface area contributed by atoms with Gasteiger partial charge in [0.25, 0.3) is 0 Å². The first-order valence-corrected chi connectivity index (χ1v) is 6.80. The number of hydrogen-bond acceptors (Lipinski definition) is 2. The molecule has 1 heterocycles. The smallest absolute Gasteiger partial charge is 0.335 e. The summed E-state index contributed by atoms with van der Waals surface area (Å²) in [6, 6.07) is 5.07. The number of unbranched alkanes of at least 4 members (excludes halogenated alkanes) is 2. The molecule has 0 aliphatic carbocycles. The van der Waals surface area contributed by atoms with E-state index in [-0.39, 0.29) is 11.5 Å². The lowest BCUT2D eigenvalue weighted by Crippen LogP contribution is -2.36. The fourth-order valence-electron chi connectivity index (χ4n) is 2.44. The molecule has 4 nitrogen and oxygen atoms in total. The van der Waals surface area contributed by atoms with Gasteiger partial charge in [0.1, 0.15) is 0 Å². The molecule has 0 unspecified atom stereocenters. The second-order valence-electron chi connectivity index (χ2n) is 4.90. The molecule has 1 aliphatic heterocycles. The zero-order chi connectivity index (χ0) is 13.8. The van der Waals surface area contributed by atoms with Crippen LogP contribution in [-0.2, 0) is 11.2 Å². The second-order valence-corrected chi connectivity index (χ2v) is 4.90. The summed E-state index contributed by atoms with van der Waals surface area (Å²) >= 11 is 0. The van der Waals surface area contributed by atoms with E-state index < -0.39 is 5.97 Å². The molecule has 0 saturated heterocycles. The summed E-state index contributed by atoms with van der Waals surface area (Å²) in [6.07, 6.45) is 4.37. The van der Waals surface area contributed by atoms with Crippen molar-refractivity contribution in [1.29, 1.82) is 0 Å². The summed E-state index contributed by atoms with van der Waals surface area (Å²) in [5.74, 6) is -0.847. The number of aryl methyl sites for hydroxylation is 1. The molecule has 0 saturated carbocycles. The summed E-state index contributed by atoms with van der Waals surface area (Å²) in [7, 11) is 0. The quantitative estimate of drug-likeness (QED) is 0.829. The molecule has 1 aliphatic rings. The summed E-state index contributed by atoms with van der Waals surface area (Å²) in [4.78, 5) is 24.8. The molecule has 0 fully saturated rings. The van der Waals surface area contributed by atoms with Gasteiger partial charge in [-0.15, -0.1) is 0 Å². The number of carbonyl (C=O) groups is 2. The fraction of sp³-hybridized carbons (Fsp3) is 0.467. The van der Waals surface area contributed by atoms with Gasteiger partial charge in [-0.25, -0.2) is 4.79 Å². The van der Waals surface area contributed by atoms with Crippen LogP contribution in [0, 0.1) is 0 Å². The lowest BCUT2D eigenvalue weighted by molar-refractivity contribution is -0.118. The van der Waals surface area contributed by atoms with E-state index in [2.05, 4.69) is 6.92 Å². The van der Waals surface area contributed by atoms with Crippen LogP contribution >= 0.6 is 0 Å². The van der Waals surface area contributed by atoms with Crippen LogP contribution in [0.1, 0.15) is 48.5 Å². The highest BCUT2D eigenvalue weighted by molar-refractivity contribution is 5.98. The minimum Gasteiger partial charge on any atom is -0.478 e. The van der Waals surface area contributed by atoms with Crippen molar-refractivity contribution in [3.05, 3.63) is 29.3 Å². The van der Waals surface area contributed by atoms with Crippen molar-refractivity contribution in [3.8, 4) is 0 Å². The lowest BCUT2D eigenvalue weighted by Gasteiger charge is -2.29. The van der Waals surface area contributed by atoms with Gasteiger partial charge in [0.2, 0.25) is 5.91 Å². The number of rotatable bonds is 5. The number of aromatic carboxylic acids is 1. The predicted molar refractivity (Wildman–Crippen MR) is 73.6 cm³/mol. The monoisotopic (exact) mass is 261 g/mol. The van der Waals surface area contributed by atoms with Crippen molar-refractivity contribution in [1.82, 2.24) is 0 Å². The maximum absolute atomic E-state index is 12.0. The van der Waals surface area contributed by atoms with Crippen molar-refractivity contribution >= 4 is 17.6 Å². The van der Waals surface area contributed by atoms with E-state index >= 15 is 0 Å². The molecular formula is C15H19NO3. The van der Waals surface area contributed by atoms with Gasteiger partial charge in [0.05, 0.1) is 5.56 Å². The normalized spacial score (nSPS) is 14.4. The van der Waals surface area contributed by atoms with Gasteiger partial charge in [0, 0.05) is 18.7 Å². The van der Waals surface area contributed by atoms with Crippen LogP contribution in [0.3, 0.4) is 0 Å². The van der Waals surface area contributed by atoms with E-state index in [0.717, 1.165) is 30.5 Å². The average Bonchev–Trinajstić information content (AvgIpc) is 2.40. The Hall–Kier alpha value is -1.84. The Morgan fingerprint density at radius 2 is 2.11 bits per heavy atom. The number of carbonyl (C=O) groups excluding carboxylic acids is 1. The molecule has 1 aromatic rings. The molecule has 19 heavy (non-hydrogen) atoms. The highest BCUT2D eigenvalue weighted by Gasteiger charge is 2.24. The van der Waals surface area contributed by atoms with E-state index in [1.54, 1.807) is 17.0 Å². The van der Waals surface area contributed by atoms with E-state index in [1.165, 1.54) is 0 Å². The van der Waals surface area contributed by atoms with Crippen LogP contribution < -0.4 is 4.90 Å². The highest BCUT2D eigenvalue weighted by atomic mass is 16.4. The third-order valence-corrected chi connectivity index (χ3v) is 3.52. The van der Waals surface area contributed by atoms with Crippen LogP contribution in [0.5, 0.6) is 0 Å². The number of carboxylic acids is 1. The molecule has 0 atom stereocenters. The van der Waals surface area contributed by atoms with Gasteiger partial charge in [-0.1, -0.05) is 25.8 Å². The van der Waals surface area contributed by atoms with Crippen LogP contribution in [-0.4, -0.2) is 23.5 Å². The number of carboxylic acid groups (broad SMARTS) is 1. The number of nitrogens with zero attached hydrogens (tertiary/aromatic N) is 1. The largest absolute Gasteiger partial charge is 0.478 e. The molecule has 0 radical (unpaired) electrons. The Morgan fingerprint density at radius 1 is 1.32 bits per heavy atom. The number of anilines is 1. The molecule has 0 bridgehead atoms. The van der Waals surface area contributed by atoms with E-state index in [1.807, 2.05) is 6.07 Å². The fourth-order valence-corrected chi connectivity index (χ4v) is 2.44. The Labute approximate surface area is 113 Å². The molecule has 4 heteroatoms. The van der Waals surface area contributed by atoms with Gasteiger partial charge in [-0.05, 0) is 30.5 Å². The minimum absolute atomic E-state index is 0.103. The predicted octanol–water partition coefficient (Wildman–Crippen LogP) is 2.85. The topological polar surface area (TPSA) is 57.6 Å². The Kier molecular flexibility index (Phi) is 4.20. The highest BCUT2D eigenvalue weighted by Crippen LogP contribution is 2.29. The van der Waals surface area contributed by atoms with Gasteiger partial charge < -0.3 is 10.0 Å². The SMILES string of the molecule is CCCCCN1C(=O)CCc2ccc(C(=O)O)cc21. The summed E-state index contributed by atoms with van der Waals surface area (Å²) in [6.45, 7) is 2.80. The number of hydrogen-bond donors (Lipinski definition) is 1. The first kappa shape index (κ1) is 13.6. The average molecular weight is 261 g/mol. The zero-order valence-corrected chi connectivity index (χ0v) is 11.2. The molecule has 1 aromatic carbocycles. The van der Waals surface area contributed by atoms with Gasteiger partial charge in [0.15, 0.2) is 0 Å². The van der Waals surface area contributed by atoms with Crippen molar-refractivity contribution in [2.75, 3.05) is 11.4 Å². The maximum atomic E-state index is 12.0. The summed E-state index contributed by atoms with van der Waals surface area (Å²) in [5.41, 5.74) is 2.10. The maximum Gasteiger partial charge on any atom is 0.335 e. The zero-order valence-electron chi connectivity index (χ0n) is 11.2. The molecular weight excluding hydrogens is 242 g/mol. The van der Waals surface area contributed by atoms with E-state index in [9.17, 15) is 9.59 Å². The van der Waals surface area contributed by atoms with E-state index in [4.69, 9.17) is 5.11 Å². The van der Waals surface area contributed by atoms with E-state index in [0.29, 0.717) is 19.4 Å². The Balaban J connectivity index is 2.27. The van der Waals surface area contributed by atoms with Crippen molar-refractivity contribution < 1.29 is 14.7 Å². The molecule has 1 amide bonds. The van der Waals surface area contributed by atoms with Crippen molar-refractivity contribution in [3.63, 3.8) is 0 Å². The first-order chi connectivity index (χ1) is 9.13. The molecule has 2 rings (SSSR count). The second kappa shape index (κ2) is 5.87.